The van der Waals surface area contributed by atoms with Gasteiger partial charge in [-0.2, -0.15) is 0 Å². The van der Waals surface area contributed by atoms with Crippen molar-refractivity contribution >= 4 is 11.3 Å². The standard InChI is InChI=1S/C16H21NS/c1-4-13-10-11-18-16(13)15(17-5-2)14-8-6-12(3)7-9-14/h6-11,15,17H,4-5H2,1-3H3. The average molecular weight is 259 g/mol. The Labute approximate surface area is 114 Å². The van der Waals surface area contributed by atoms with Crippen molar-refractivity contribution in [2.24, 2.45) is 0 Å². The maximum Gasteiger partial charge on any atom is 0.0673 e. The van der Waals surface area contributed by atoms with E-state index in [0.29, 0.717) is 6.04 Å². The zero-order chi connectivity index (χ0) is 13.0. The second-order valence-corrected chi connectivity index (χ2v) is 5.51. The number of hydrogen-bond acceptors (Lipinski definition) is 2. The van der Waals surface area contributed by atoms with E-state index in [1.807, 2.05) is 11.3 Å². The minimum atomic E-state index is 0.338. The van der Waals surface area contributed by atoms with E-state index in [9.17, 15) is 0 Å². The van der Waals surface area contributed by atoms with Gasteiger partial charge in [0.2, 0.25) is 0 Å². The minimum Gasteiger partial charge on any atom is -0.306 e. The lowest BCUT2D eigenvalue weighted by Crippen LogP contribution is -2.22. The van der Waals surface area contributed by atoms with Gasteiger partial charge < -0.3 is 5.32 Å². The first-order chi connectivity index (χ1) is 8.76. The maximum absolute atomic E-state index is 3.61. The summed E-state index contributed by atoms with van der Waals surface area (Å²) in [5.74, 6) is 0. The van der Waals surface area contributed by atoms with Crippen LogP contribution in [-0.2, 0) is 6.42 Å². The highest BCUT2D eigenvalue weighted by molar-refractivity contribution is 7.10. The molecule has 0 amide bonds. The molecule has 0 bridgehead atoms. The van der Waals surface area contributed by atoms with E-state index in [1.165, 1.54) is 21.6 Å². The SMILES string of the molecule is CCNC(c1ccc(C)cc1)c1sccc1CC. The van der Waals surface area contributed by atoms with Crippen LogP contribution >= 0.6 is 11.3 Å². The lowest BCUT2D eigenvalue weighted by molar-refractivity contribution is 0.635. The predicted molar refractivity (Wildman–Crippen MR) is 80.4 cm³/mol. The Morgan fingerprint density at radius 3 is 2.44 bits per heavy atom. The van der Waals surface area contributed by atoms with Gasteiger partial charge in [-0.15, -0.1) is 11.3 Å². The summed E-state index contributed by atoms with van der Waals surface area (Å²) in [6.45, 7) is 7.51. The molecular formula is C16H21NS. The van der Waals surface area contributed by atoms with Crippen molar-refractivity contribution in [1.82, 2.24) is 5.32 Å². The molecule has 0 saturated heterocycles. The summed E-state index contributed by atoms with van der Waals surface area (Å²) >= 11 is 1.86. The molecule has 2 rings (SSSR count). The van der Waals surface area contributed by atoms with Gasteiger partial charge in [-0.1, -0.05) is 43.7 Å². The molecule has 2 aromatic rings. The van der Waals surface area contributed by atoms with Crippen molar-refractivity contribution in [2.75, 3.05) is 6.54 Å². The maximum atomic E-state index is 3.61. The Morgan fingerprint density at radius 2 is 1.83 bits per heavy atom. The van der Waals surface area contributed by atoms with E-state index < -0.39 is 0 Å². The summed E-state index contributed by atoms with van der Waals surface area (Å²) < 4.78 is 0. The topological polar surface area (TPSA) is 12.0 Å². The first-order valence-corrected chi connectivity index (χ1v) is 7.50. The Balaban J connectivity index is 2.36. The molecule has 0 spiro atoms. The van der Waals surface area contributed by atoms with Crippen LogP contribution in [0.15, 0.2) is 35.7 Å². The van der Waals surface area contributed by atoms with Gasteiger partial charge >= 0.3 is 0 Å². The second kappa shape index (κ2) is 6.17. The Morgan fingerprint density at radius 1 is 1.11 bits per heavy atom. The third-order valence-electron chi connectivity index (χ3n) is 3.24. The van der Waals surface area contributed by atoms with Crippen LogP contribution in [0.4, 0.5) is 0 Å². The first-order valence-electron chi connectivity index (χ1n) is 6.62. The summed E-state index contributed by atoms with van der Waals surface area (Å²) in [6, 6.07) is 11.4. The molecule has 0 aliphatic carbocycles. The zero-order valence-electron chi connectivity index (χ0n) is 11.4. The molecule has 2 heteroatoms. The number of thiophene rings is 1. The number of aryl methyl sites for hydroxylation is 2. The minimum absolute atomic E-state index is 0.338. The van der Waals surface area contributed by atoms with Crippen LogP contribution in [0.2, 0.25) is 0 Å². The van der Waals surface area contributed by atoms with E-state index >= 15 is 0 Å². The second-order valence-electron chi connectivity index (χ2n) is 4.57. The van der Waals surface area contributed by atoms with Crippen molar-refractivity contribution < 1.29 is 0 Å². The lowest BCUT2D eigenvalue weighted by Gasteiger charge is -2.19. The van der Waals surface area contributed by atoms with Crippen molar-refractivity contribution in [1.29, 1.82) is 0 Å². The number of hydrogen-bond donors (Lipinski definition) is 1. The third-order valence-corrected chi connectivity index (χ3v) is 4.27. The molecule has 0 aliphatic heterocycles. The van der Waals surface area contributed by atoms with E-state index in [4.69, 9.17) is 0 Å². The highest BCUT2D eigenvalue weighted by Crippen LogP contribution is 2.30. The summed E-state index contributed by atoms with van der Waals surface area (Å²) in [5.41, 5.74) is 4.14. The molecule has 1 unspecified atom stereocenters. The normalized spacial score (nSPS) is 12.6. The quantitative estimate of drug-likeness (QED) is 0.843. The van der Waals surface area contributed by atoms with Crippen LogP contribution < -0.4 is 5.32 Å². The van der Waals surface area contributed by atoms with Crippen molar-refractivity contribution in [3.8, 4) is 0 Å². The summed E-state index contributed by atoms with van der Waals surface area (Å²) in [5, 5.41) is 5.81. The smallest absolute Gasteiger partial charge is 0.0673 e. The zero-order valence-corrected chi connectivity index (χ0v) is 12.2. The number of nitrogens with one attached hydrogen (secondary N) is 1. The highest BCUT2D eigenvalue weighted by atomic mass is 32.1. The average Bonchev–Trinajstić information content (AvgIpc) is 2.85. The highest BCUT2D eigenvalue weighted by Gasteiger charge is 2.16. The van der Waals surface area contributed by atoms with Gasteiger partial charge in [-0.05, 0) is 42.5 Å². The molecule has 0 fully saturated rings. The molecule has 0 radical (unpaired) electrons. The Hall–Kier alpha value is -1.12. The number of rotatable bonds is 5. The molecule has 0 aliphatic rings. The molecule has 1 nitrogen and oxygen atoms in total. The molecule has 0 saturated carbocycles. The van der Waals surface area contributed by atoms with Gasteiger partial charge in [0.15, 0.2) is 0 Å². The van der Waals surface area contributed by atoms with Crippen LogP contribution in [0.1, 0.15) is 41.5 Å². The van der Waals surface area contributed by atoms with Gasteiger partial charge in [0.25, 0.3) is 0 Å². The van der Waals surface area contributed by atoms with Crippen LogP contribution in [0, 0.1) is 6.92 Å². The molecule has 1 aromatic heterocycles. The Bertz CT molecular complexity index is 484. The van der Waals surface area contributed by atoms with E-state index in [0.717, 1.165) is 13.0 Å². The van der Waals surface area contributed by atoms with Gasteiger partial charge in [-0.3, -0.25) is 0 Å². The van der Waals surface area contributed by atoms with Crippen LogP contribution in [0.25, 0.3) is 0 Å². The van der Waals surface area contributed by atoms with Gasteiger partial charge in [0.1, 0.15) is 0 Å². The first kappa shape index (κ1) is 13.3. The van der Waals surface area contributed by atoms with Crippen LogP contribution in [0.3, 0.4) is 0 Å². The van der Waals surface area contributed by atoms with E-state index in [2.05, 4.69) is 61.8 Å². The molecular weight excluding hydrogens is 238 g/mol. The fourth-order valence-electron chi connectivity index (χ4n) is 2.22. The molecule has 1 heterocycles. The molecule has 1 N–H and O–H groups in total. The fraction of sp³-hybridized carbons (Fsp3) is 0.375. The summed E-state index contributed by atoms with van der Waals surface area (Å²) in [7, 11) is 0. The van der Waals surface area contributed by atoms with E-state index in [-0.39, 0.29) is 0 Å². The molecule has 96 valence electrons. The Kier molecular flexibility index (Phi) is 4.56. The van der Waals surface area contributed by atoms with E-state index in [1.54, 1.807) is 0 Å². The van der Waals surface area contributed by atoms with Crippen molar-refractivity contribution in [3.05, 3.63) is 57.3 Å². The molecule has 1 aromatic carbocycles. The summed E-state index contributed by atoms with van der Waals surface area (Å²) in [6.07, 6.45) is 1.10. The van der Waals surface area contributed by atoms with Crippen LogP contribution in [0.5, 0.6) is 0 Å². The molecule has 18 heavy (non-hydrogen) atoms. The van der Waals surface area contributed by atoms with Gasteiger partial charge in [0, 0.05) is 4.88 Å². The van der Waals surface area contributed by atoms with Gasteiger partial charge in [0.05, 0.1) is 6.04 Å². The van der Waals surface area contributed by atoms with Crippen molar-refractivity contribution in [3.63, 3.8) is 0 Å². The van der Waals surface area contributed by atoms with Crippen LogP contribution in [-0.4, -0.2) is 6.54 Å². The largest absolute Gasteiger partial charge is 0.306 e. The molecule has 1 atom stereocenters. The number of benzene rings is 1. The lowest BCUT2D eigenvalue weighted by atomic mass is 10.0. The van der Waals surface area contributed by atoms with Gasteiger partial charge in [-0.25, -0.2) is 0 Å². The van der Waals surface area contributed by atoms with Crippen molar-refractivity contribution in [2.45, 2.75) is 33.2 Å². The fourth-order valence-corrected chi connectivity index (χ4v) is 3.32. The third kappa shape index (κ3) is 2.82. The summed E-state index contributed by atoms with van der Waals surface area (Å²) in [4.78, 5) is 1.46. The predicted octanol–water partition coefficient (Wildman–Crippen LogP) is 4.32. The monoisotopic (exact) mass is 259 g/mol.